The molecule has 0 heterocycles. The molecule has 0 fully saturated rings. The van der Waals surface area contributed by atoms with Gasteiger partial charge in [0, 0.05) is 4.47 Å². The van der Waals surface area contributed by atoms with Gasteiger partial charge in [0.1, 0.15) is 5.70 Å². The molecule has 0 bridgehead atoms. The summed E-state index contributed by atoms with van der Waals surface area (Å²) in [5, 5.41) is 2.16. The van der Waals surface area contributed by atoms with Gasteiger partial charge in [0.25, 0.3) is 0 Å². The van der Waals surface area contributed by atoms with E-state index in [1.165, 1.54) is 0 Å². The first-order chi connectivity index (χ1) is 9.81. The van der Waals surface area contributed by atoms with Gasteiger partial charge in [-0.05, 0) is 22.0 Å². The maximum atomic E-state index is 13.7. The summed E-state index contributed by atoms with van der Waals surface area (Å²) in [4.78, 5) is 22.6. The summed E-state index contributed by atoms with van der Waals surface area (Å²) in [6.45, 7) is 0. The molecule has 0 aromatic heterocycles. The molecule has 0 aliphatic rings. The van der Waals surface area contributed by atoms with E-state index in [1.54, 1.807) is 0 Å². The number of rotatable bonds is 4. The minimum Gasteiger partial charge on any atom is -0.466 e. The van der Waals surface area contributed by atoms with E-state index in [-0.39, 0.29) is 4.47 Å². The molecule has 1 N–H and O–H groups in total. The molecular formula is C12H9BrF3NO4. The second-order valence-electron chi connectivity index (χ2n) is 3.54. The predicted octanol–water partition coefficient (Wildman–Crippen LogP) is 2.51. The Kier molecular flexibility index (Phi) is 5.77. The number of esters is 2. The van der Waals surface area contributed by atoms with E-state index >= 15 is 0 Å². The van der Waals surface area contributed by atoms with Crippen molar-refractivity contribution >= 4 is 33.6 Å². The fourth-order valence-corrected chi connectivity index (χ4v) is 1.72. The molecule has 5 nitrogen and oxygen atoms in total. The second kappa shape index (κ2) is 7.11. The zero-order valence-corrected chi connectivity index (χ0v) is 12.4. The van der Waals surface area contributed by atoms with E-state index in [9.17, 15) is 22.8 Å². The van der Waals surface area contributed by atoms with Crippen molar-refractivity contribution in [2.75, 3.05) is 19.5 Å². The van der Waals surface area contributed by atoms with Crippen molar-refractivity contribution in [1.29, 1.82) is 0 Å². The lowest BCUT2D eigenvalue weighted by atomic mass is 10.2. The van der Waals surface area contributed by atoms with Gasteiger partial charge in [-0.1, -0.05) is 0 Å². The molecule has 0 amide bonds. The molecule has 0 atom stereocenters. The van der Waals surface area contributed by atoms with Crippen molar-refractivity contribution in [2.24, 2.45) is 0 Å². The second-order valence-corrected chi connectivity index (χ2v) is 4.40. The largest absolute Gasteiger partial charge is 0.466 e. The van der Waals surface area contributed by atoms with Crippen LogP contribution < -0.4 is 5.32 Å². The molecule has 1 aromatic rings. The third kappa shape index (κ3) is 3.97. The number of anilines is 1. The fourth-order valence-electron chi connectivity index (χ4n) is 1.25. The third-order valence-electron chi connectivity index (χ3n) is 2.24. The zero-order valence-electron chi connectivity index (χ0n) is 10.8. The third-order valence-corrected chi connectivity index (χ3v) is 2.87. The first kappa shape index (κ1) is 17.0. The number of benzene rings is 1. The van der Waals surface area contributed by atoms with Crippen LogP contribution in [0, 0.1) is 17.5 Å². The van der Waals surface area contributed by atoms with Gasteiger partial charge in [0.15, 0.2) is 17.5 Å². The number of hydrogen-bond acceptors (Lipinski definition) is 5. The van der Waals surface area contributed by atoms with Crippen LogP contribution in [-0.2, 0) is 19.1 Å². The average Bonchev–Trinajstić information content (AvgIpc) is 2.46. The van der Waals surface area contributed by atoms with Gasteiger partial charge in [0.05, 0.1) is 26.0 Å². The van der Waals surface area contributed by atoms with Gasteiger partial charge in [0.2, 0.25) is 0 Å². The highest BCUT2D eigenvalue weighted by molar-refractivity contribution is 9.10. The van der Waals surface area contributed by atoms with Crippen molar-refractivity contribution in [3.8, 4) is 0 Å². The standard InChI is InChI=1S/C12H9BrF3NO4/c1-20-8(18)4-7(12(19)21-2)17-11-5(13)3-6(14)9(15)10(11)16/h3-4,17H,1-2H3/b7-4+. The maximum Gasteiger partial charge on any atom is 0.354 e. The number of methoxy groups -OCH3 is 2. The first-order valence-electron chi connectivity index (χ1n) is 5.29. The molecule has 1 aromatic carbocycles. The number of carbonyl (C=O) groups is 2. The summed E-state index contributed by atoms with van der Waals surface area (Å²) in [6.07, 6.45) is 0.680. The minimum atomic E-state index is -1.73. The Morgan fingerprint density at radius 2 is 1.81 bits per heavy atom. The Labute approximate surface area is 125 Å². The highest BCUT2D eigenvalue weighted by Crippen LogP contribution is 2.30. The van der Waals surface area contributed by atoms with Gasteiger partial charge in [-0.2, -0.15) is 0 Å². The zero-order chi connectivity index (χ0) is 16.2. The van der Waals surface area contributed by atoms with Crippen LogP contribution in [0.3, 0.4) is 0 Å². The maximum absolute atomic E-state index is 13.7. The highest BCUT2D eigenvalue weighted by Gasteiger charge is 2.21. The smallest absolute Gasteiger partial charge is 0.354 e. The number of halogens is 4. The lowest BCUT2D eigenvalue weighted by molar-refractivity contribution is -0.138. The van der Waals surface area contributed by atoms with Gasteiger partial charge in [-0.25, -0.2) is 22.8 Å². The van der Waals surface area contributed by atoms with Crippen molar-refractivity contribution in [3.63, 3.8) is 0 Å². The number of nitrogens with one attached hydrogen (secondary N) is 1. The minimum absolute atomic E-state index is 0.196. The first-order valence-corrected chi connectivity index (χ1v) is 6.09. The van der Waals surface area contributed by atoms with Gasteiger partial charge < -0.3 is 14.8 Å². The highest BCUT2D eigenvalue weighted by atomic mass is 79.9. The molecule has 1 rings (SSSR count). The lowest BCUT2D eigenvalue weighted by Gasteiger charge is -2.12. The summed E-state index contributed by atoms with van der Waals surface area (Å²) in [5.74, 6) is -6.68. The number of hydrogen-bond donors (Lipinski definition) is 1. The monoisotopic (exact) mass is 367 g/mol. The topological polar surface area (TPSA) is 64.6 Å². The SMILES string of the molecule is COC(=O)/C=C(/Nc1c(Br)cc(F)c(F)c1F)C(=O)OC. The normalized spacial score (nSPS) is 11.0. The van der Waals surface area contributed by atoms with Crippen molar-refractivity contribution in [3.05, 3.63) is 39.8 Å². The molecule has 0 spiro atoms. The molecular weight excluding hydrogens is 359 g/mol. The Bertz CT molecular complexity index is 619. The molecule has 9 heteroatoms. The molecule has 114 valence electrons. The fraction of sp³-hybridized carbons (Fsp3) is 0.167. The van der Waals surface area contributed by atoms with Crippen LogP contribution in [0.25, 0.3) is 0 Å². The molecule has 0 saturated carbocycles. The summed E-state index contributed by atoms with van der Waals surface area (Å²) in [6, 6.07) is 0.661. The van der Waals surface area contributed by atoms with E-state index in [1.807, 2.05) is 0 Å². The number of ether oxygens (including phenoxy) is 2. The molecule has 0 saturated heterocycles. The average molecular weight is 368 g/mol. The lowest BCUT2D eigenvalue weighted by Crippen LogP contribution is -2.17. The molecule has 0 aliphatic heterocycles. The molecule has 0 unspecified atom stereocenters. The van der Waals surface area contributed by atoms with Crippen LogP contribution in [0.4, 0.5) is 18.9 Å². The van der Waals surface area contributed by atoms with Gasteiger partial charge >= 0.3 is 11.9 Å². The van der Waals surface area contributed by atoms with E-state index in [2.05, 4.69) is 30.7 Å². The Hall–Kier alpha value is -2.03. The van der Waals surface area contributed by atoms with E-state index in [0.29, 0.717) is 12.1 Å². The van der Waals surface area contributed by atoms with Crippen molar-refractivity contribution in [1.82, 2.24) is 0 Å². The molecule has 0 aliphatic carbocycles. The number of carbonyl (C=O) groups excluding carboxylic acids is 2. The van der Waals surface area contributed by atoms with E-state index in [0.717, 1.165) is 14.2 Å². The van der Waals surface area contributed by atoms with Crippen LogP contribution >= 0.6 is 15.9 Å². The van der Waals surface area contributed by atoms with Crippen molar-refractivity contribution < 1.29 is 32.2 Å². The van der Waals surface area contributed by atoms with E-state index < -0.39 is 40.8 Å². The van der Waals surface area contributed by atoms with Crippen LogP contribution in [-0.4, -0.2) is 26.2 Å². The Morgan fingerprint density at radius 1 is 1.19 bits per heavy atom. The van der Waals surface area contributed by atoms with Gasteiger partial charge in [-0.3, -0.25) is 0 Å². The van der Waals surface area contributed by atoms with Crippen LogP contribution in [0.5, 0.6) is 0 Å². The summed E-state index contributed by atoms with van der Waals surface area (Å²) in [5.41, 5.74) is -1.09. The summed E-state index contributed by atoms with van der Waals surface area (Å²) >= 11 is 2.81. The van der Waals surface area contributed by atoms with Gasteiger partial charge in [-0.15, -0.1) is 0 Å². The quantitative estimate of drug-likeness (QED) is 0.383. The predicted molar refractivity (Wildman–Crippen MR) is 69.8 cm³/mol. The Morgan fingerprint density at radius 3 is 2.33 bits per heavy atom. The van der Waals surface area contributed by atoms with Crippen LogP contribution in [0.1, 0.15) is 0 Å². The van der Waals surface area contributed by atoms with Crippen LogP contribution in [0.15, 0.2) is 22.3 Å². The van der Waals surface area contributed by atoms with Crippen molar-refractivity contribution in [2.45, 2.75) is 0 Å². The Balaban J connectivity index is 3.28. The van der Waals surface area contributed by atoms with Crippen LogP contribution in [0.2, 0.25) is 0 Å². The molecule has 21 heavy (non-hydrogen) atoms. The summed E-state index contributed by atoms with van der Waals surface area (Å²) in [7, 11) is 2.08. The van der Waals surface area contributed by atoms with E-state index in [4.69, 9.17) is 0 Å². The molecule has 0 radical (unpaired) electrons. The summed E-state index contributed by atoms with van der Waals surface area (Å²) < 4.78 is 48.4.